The standard InChI is InChI=1S/C14H24O2Si3/c1-9-18(10-2,11-3)15-17(7,8)16-19(12-4,13-5)14-6/h9-14H,1-6H2,7-8H3. The molecule has 0 heterocycles. The van der Waals surface area contributed by atoms with Gasteiger partial charge in [-0.25, -0.2) is 0 Å². The van der Waals surface area contributed by atoms with Crippen LogP contribution in [0.4, 0.5) is 0 Å². The van der Waals surface area contributed by atoms with Crippen molar-refractivity contribution >= 4 is 25.2 Å². The molecule has 104 valence electrons. The molecule has 0 radical (unpaired) electrons. The van der Waals surface area contributed by atoms with Gasteiger partial charge in [0.2, 0.25) is 0 Å². The van der Waals surface area contributed by atoms with Gasteiger partial charge in [0.15, 0.2) is 0 Å². The van der Waals surface area contributed by atoms with Gasteiger partial charge in [0, 0.05) is 0 Å². The van der Waals surface area contributed by atoms with Crippen molar-refractivity contribution < 1.29 is 8.23 Å². The number of hydrogen-bond acceptors (Lipinski definition) is 2. The van der Waals surface area contributed by atoms with Crippen LogP contribution in [0.25, 0.3) is 0 Å². The zero-order chi connectivity index (χ0) is 15.2. The largest absolute Gasteiger partial charge is 0.427 e. The third kappa shape index (κ3) is 4.55. The first-order chi connectivity index (χ1) is 8.78. The molecule has 0 fully saturated rings. The van der Waals surface area contributed by atoms with Gasteiger partial charge in [-0.05, 0) is 13.1 Å². The van der Waals surface area contributed by atoms with Gasteiger partial charge in [-0.15, -0.1) is 39.5 Å². The van der Waals surface area contributed by atoms with E-state index in [1.54, 1.807) is 34.2 Å². The first kappa shape index (κ1) is 18.0. The summed E-state index contributed by atoms with van der Waals surface area (Å²) in [6.07, 6.45) is 0. The molecule has 2 nitrogen and oxygen atoms in total. The van der Waals surface area contributed by atoms with Crippen molar-refractivity contribution in [3.05, 3.63) is 73.7 Å². The fourth-order valence-electron chi connectivity index (χ4n) is 1.62. The average Bonchev–Trinajstić information content (AvgIpc) is 2.42. The van der Waals surface area contributed by atoms with Crippen LogP contribution < -0.4 is 0 Å². The second-order valence-electron chi connectivity index (χ2n) is 4.54. The molecule has 0 bridgehead atoms. The molecule has 0 spiro atoms. The molecular weight excluding hydrogens is 284 g/mol. The predicted molar refractivity (Wildman–Crippen MR) is 92.3 cm³/mol. The van der Waals surface area contributed by atoms with E-state index in [0.717, 1.165) is 0 Å². The monoisotopic (exact) mass is 308 g/mol. The van der Waals surface area contributed by atoms with E-state index >= 15 is 0 Å². The molecule has 0 N–H and O–H groups in total. The van der Waals surface area contributed by atoms with Crippen LogP contribution in [0.1, 0.15) is 0 Å². The van der Waals surface area contributed by atoms with E-state index < -0.39 is 25.2 Å². The summed E-state index contributed by atoms with van der Waals surface area (Å²) in [4.78, 5) is 0. The quantitative estimate of drug-likeness (QED) is 0.569. The summed E-state index contributed by atoms with van der Waals surface area (Å²) in [5.74, 6) is 0. The van der Waals surface area contributed by atoms with Gasteiger partial charge in [-0.1, -0.05) is 34.2 Å². The van der Waals surface area contributed by atoms with E-state index in [-0.39, 0.29) is 0 Å². The van der Waals surface area contributed by atoms with Crippen LogP contribution in [-0.2, 0) is 8.23 Å². The lowest BCUT2D eigenvalue weighted by atomic mass is 11.2. The number of rotatable bonds is 10. The summed E-state index contributed by atoms with van der Waals surface area (Å²) >= 11 is 0. The lowest BCUT2D eigenvalue weighted by Crippen LogP contribution is -2.53. The summed E-state index contributed by atoms with van der Waals surface area (Å²) in [5.41, 5.74) is 10.8. The molecule has 0 aromatic carbocycles. The zero-order valence-electron chi connectivity index (χ0n) is 12.0. The third-order valence-electron chi connectivity index (χ3n) is 2.76. The second-order valence-corrected chi connectivity index (χ2v) is 14.8. The van der Waals surface area contributed by atoms with Crippen LogP contribution in [-0.4, -0.2) is 25.2 Å². The molecule has 0 amide bonds. The average molecular weight is 309 g/mol. The Kier molecular flexibility index (Phi) is 6.61. The minimum absolute atomic E-state index is 1.80. The van der Waals surface area contributed by atoms with E-state index in [2.05, 4.69) is 39.5 Å². The molecule has 0 rings (SSSR count). The lowest BCUT2D eigenvalue weighted by Gasteiger charge is -2.37. The van der Waals surface area contributed by atoms with Crippen LogP contribution >= 0.6 is 0 Å². The smallest absolute Gasteiger partial charge is 0.312 e. The van der Waals surface area contributed by atoms with Gasteiger partial charge in [0.1, 0.15) is 0 Å². The molecule has 0 saturated heterocycles. The van der Waals surface area contributed by atoms with Crippen molar-refractivity contribution in [3.63, 3.8) is 0 Å². The van der Waals surface area contributed by atoms with Gasteiger partial charge in [-0.2, -0.15) is 0 Å². The predicted octanol–water partition coefficient (Wildman–Crippen LogP) is 3.96. The summed E-state index contributed by atoms with van der Waals surface area (Å²) < 4.78 is 12.5. The molecule has 0 aliphatic heterocycles. The van der Waals surface area contributed by atoms with Gasteiger partial charge in [0.25, 0.3) is 16.6 Å². The van der Waals surface area contributed by atoms with Gasteiger partial charge >= 0.3 is 8.56 Å². The maximum atomic E-state index is 6.23. The van der Waals surface area contributed by atoms with Crippen LogP contribution in [0, 0.1) is 0 Å². The van der Waals surface area contributed by atoms with Gasteiger partial charge < -0.3 is 8.23 Å². The summed E-state index contributed by atoms with van der Waals surface area (Å²) in [6.45, 7) is 26.9. The van der Waals surface area contributed by atoms with Crippen molar-refractivity contribution in [1.29, 1.82) is 0 Å². The molecule has 0 aliphatic carbocycles. The molecule has 0 aliphatic rings. The van der Waals surface area contributed by atoms with E-state index in [9.17, 15) is 0 Å². The van der Waals surface area contributed by atoms with E-state index in [4.69, 9.17) is 8.23 Å². The first-order valence-corrected chi connectivity index (χ1v) is 13.1. The first-order valence-electron chi connectivity index (χ1n) is 6.00. The van der Waals surface area contributed by atoms with Gasteiger partial charge in [-0.3, -0.25) is 0 Å². The Bertz CT molecular complexity index is 320. The Morgan fingerprint density at radius 1 is 0.579 bits per heavy atom. The highest BCUT2D eigenvalue weighted by molar-refractivity contribution is 6.98. The molecule has 0 aromatic heterocycles. The maximum absolute atomic E-state index is 6.23. The molecule has 5 heteroatoms. The Balaban J connectivity index is 5.28. The van der Waals surface area contributed by atoms with Crippen molar-refractivity contribution in [3.8, 4) is 0 Å². The van der Waals surface area contributed by atoms with Crippen LogP contribution in [0.15, 0.2) is 73.7 Å². The van der Waals surface area contributed by atoms with E-state index in [0.29, 0.717) is 0 Å². The van der Waals surface area contributed by atoms with Crippen LogP contribution in [0.2, 0.25) is 13.1 Å². The van der Waals surface area contributed by atoms with Crippen LogP contribution in [0.3, 0.4) is 0 Å². The highest BCUT2D eigenvalue weighted by atomic mass is 28.5. The fraction of sp³-hybridized carbons (Fsp3) is 0.143. The second kappa shape index (κ2) is 6.97. The Labute approximate surface area is 120 Å². The minimum Gasteiger partial charge on any atom is -0.427 e. The molecule has 0 atom stereocenters. The van der Waals surface area contributed by atoms with Crippen molar-refractivity contribution in [2.24, 2.45) is 0 Å². The molecular formula is C14H24O2Si3. The normalized spacial score (nSPS) is 12.3. The topological polar surface area (TPSA) is 18.5 Å². The summed E-state index contributed by atoms with van der Waals surface area (Å²) in [5, 5.41) is 0. The summed E-state index contributed by atoms with van der Waals surface area (Å²) in [6, 6.07) is 0. The van der Waals surface area contributed by atoms with Crippen molar-refractivity contribution in [1.82, 2.24) is 0 Å². The zero-order valence-corrected chi connectivity index (χ0v) is 15.0. The summed E-state index contributed by atoms with van der Waals surface area (Å²) in [7, 11) is -7.09. The Hall–Kier alpha value is -0.989. The Morgan fingerprint density at radius 3 is 0.947 bits per heavy atom. The number of hydrogen-bond donors (Lipinski definition) is 0. The molecule has 0 unspecified atom stereocenters. The SMILES string of the molecule is C=C[Si](C=C)(C=C)O[Si](C)(C)O[Si](C=C)(C=C)C=C. The highest BCUT2D eigenvalue weighted by Crippen LogP contribution is 2.23. The Morgan fingerprint density at radius 2 is 0.789 bits per heavy atom. The molecule has 0 saturated carbocycles. The van der Waals surface area contributed by atoms with Crippen LogP contribution in [0.5, 0.6) is 0 Å². The molecule has 19 heavy (non-hydrogen) atoms. The van der Waals surface area contributed by atoms with Gasteiger partial charge in [0.05, 0.1) is 0 Å². The molecule has 0 aromatic rings. The fourth-order valence-corrected chi connectivity index (χ4v) is 12.0. The highest BCUT2D eigenvalue weighted by Gasteiger charge is 2.40. The van der Waals surface area contributed by atoms with Crippen molar-refractivity contribution in [2.45, 2.75) is 13.1 Å². The lowest BCUT2D eigenvalue weighted by molar-refractivity contribution is 0.409. The maximum Gasteiger partial charge on any atom is 0.312 e. The van der Waals surface area contributed by atoms with E-state index in [1.165, 1.54) is 0 Å². The minimum atomic E-state index is -2.40. The van der Waals surface area contributed by atoms with E-state index in [1.807, 2.05) is 13.1 Å². The van der Waals surface area contributed by atoms with Crippen molar-refractivity contribution in [2.75, 3.05) is 0 Å². The third-order valence-corrected chi connectivity index (χ3v) is 13.3.